The Bertz CT molecular complexity index is 1010. The Labute approximate surface area is 128 Å². The molecule has 108 valence electrons. The third-order valence-corrected chi connectivity index (χ3v) is 4.25. The van der Waals surface area contributed by atoms with Crippen LogP contribution in [0.2, 0.25) is 0 Å². The summed E-state index contributed by atoms with van der Waals surface area (Å²) in [6.07, 6.45) is 0. The highest BCUT2D eigenvalue weighted by molar-refractivity contribution is 6.10. The number of benzene rings is 2. The number of hydrogen-bond acceptors (Lipinski definition) is 1. The Morgan fingerprint density at radius 1 is 0.909 bits per heavy atom. The standard InChI is InChI=1S/C19H16N2O/c1-13-12-17-20(2)15-10-6-7-11-16(15)21(17)18(13)19(22)14-8-4-3-5-9-14/h3-12H,1-2H3. The molecule has 3 heteroatoms. The van der Waals surface area contributed by atoms with Gasteiger partial charge in [0.25, 0.3) is 0 Å². The van der Waals surface area contributed by atoms with Crippen LogP contribution in [0.3, 0.4) is 0 Å². The molecule has 22 heavy (non-hydrogen) atoms. The molecular weight excluding hydrogens is 272 g/mol. The lowest BCUT2D eigenvalue weighted by Crippen LogP contribution is -2.06. The van der Waals surface area contributed by atoms with Crippen LogP contribution in [0.25, 0.3) is 16.7 Å². The summed E-state index contributed by atoms with van der Waals surface area (Å²) in [5.74, 6) is 0.0643. The number of hydrogen-bond donors (Lipinski definition) is 0. The van der Waals surface area contributed by atoms with Crippen molar-refractivity contribution in [2.24, 2.45) is 7.05 Å². The van der Waals surface area contributed by atoms with E-state index >= 15 is 0 Å². The number of carbonyl (C=O) groups is 1. The zero-order chi connectivity index (χ0) is 15.3. The van der Waals surface area contributed by atoms with Crippen LogP contribution in [0.15, 0.2) is 60.7 Å². The minimum Gasteiger partial charge on any atom is -0.329 e. The highest BCUT2D eigenvalue weighted by Crippen LogP contribution is 2.27. The third kappa shape index (κ3) is 1.65. The lowest BCUT2D eigenvalue weighted by atomic mass is 10.1. The molecule has 0 unspecified atom stereocenters. The molecule has 2 aromatic heterocycles. The van der Waals surface area contributed by atoms with E-state index in [1.54, 1.807) is 0 Å². The second-order valence-electron chi connectivity index (χ2n) is 5.61. The summed E-state index contributed by atoms with van der Waals surface area (Å²) in [6, 6.07) is 19.7. The SMILES string of the molecule is Cc1cc2n(C)c3ccccc3n2c1C(=O)c1ccccc1. The maximum Gasteiger partial charge on any atom is 0.210 e. The topological polar surface area (TPSA) is 26.4 Å². The molecule has 2 heterocycles. The quantitative estimate of drug-likeness (QED) is 0.513. The summed E-state index contributed by atoms with van der Waals surface area (Å²) in [4.78, 5) is 13.0. The third-order valence-electron chi connectivity index (χ3n) is 4.25. The van der Waals surface area contributed by atoms with Crippen molar-refractivity contribution >= 4 is 22.5 Å². The summed E-state index contributed by atoms with van der Waals surface area (Å²) in [7, 11) is 2.04. The number of para-hydroxylation sites is 2. The number of fused-ring (bicyclic) bond motifs is 3. The molecule has 0 saturated carbocycles. The highest BCUT2D eigenvalue weighted by atomic mass is 16.1. The fourth-order valence-electron chi connectivity index (χ4n) is 3.18. The van der Waals surface area contributed by atoms with Gasteiger partial charge in [-0.25, -0.2) is 0 Å². The number of imidazole rings is 1. The molecule has 0 N–H and O–H groups in total. The van der Waals surface area contributed by atoms with E-state index in [1.165, 1.54) is 0 Å². The van der Waals surface area contributed by atoms with Crippen molar-refractivity contribution in [2.45, 2.75) is 6.92 Å². The molecule has 0 radical (unpaired) electrons. The van der Waals surface area contributed by atoms with E-state index in [4.69, 9.17) is 0 Å². The molecule has 2 aromatic carbocycles. The van der Waals surface area contributed by atoms with Crippen LogP contribution in [-0.4, -0.2) is 14.8 Å². The zero-order valence-corrected chi connectivity index (χ0v) is 12.6. The molecule has 0 aliphatic rings. The molecular formula is C19H16N2O. The van der Waals surface area contributed by atoms with E-state index in [1.807, 2.05) is 56.4 Å². The van der Waals surface area contributed by atoms with Gasteiger partial charge in [0, 0.05) is 12.6 Å². The van der Waals surface area contributed by atoms with Gasteiger partial charge in [-0.15, -0.1) is 0 Å². The van der Waals surface area contributed by atoms with Gasteiger partial charge in [0.2, 0.25) is 5.78 Å². The smallest absolute Gasteiger partial charge is 0.210 e. The van der Waals surface area contributed by atoms with Crippen molar-refractivity contribution in [2.75, 3.05) is 0 Å². The van der Waals surface area contributed by atoms with E-state index in [-0.39, 0.29) is 5.78 Å². The molecule has 0 saturated heterocycles. The van der Waals surface area contributed by atoms with Gasteiger partial charge in [-0.2, -0.15) is 0 Å². The average molecular weight is 288 g/mol. The van der Waals surface area contributed by atoms with Gasteiger partial charge in [-0.05, 0) is 30.7 Å². The van der Waals surface area contributed by atoms with Gasteiger partial charge in [0.05, 0.1) is 16.7 Å². The van der Waals surface area contributed by atoms with E-state index in [0.29, 0.717) is 0 Å². The van der Waals surface area contributed by atoms with Crippen molar-refractivity contribution in [3.8, 4) is 0 Å². The van der Waals surface area contributed by atoms with Gasteiger partial charge in [-0.1, -0.05) is 42.5 Å². The number of aryl methyl sites for hydroxylation is 2. The summed E-state index contributed by atoms with van der Waals surface area (Å²) in [5, 5.41) is 0. The average Bonchev–Trinajstić information content (AvgIpc) is 3.03. The Morgan fingerprint density at radius 2 is 1.55 bits per heavy atom. The molecule has 0 aliphatic heterocycles. The van der Waals surface area contributed by atoms with Crippen molar-refractivity contribution < 1.29 is 4.79 Å². The van der Waals surface area contributed by atoms with E-state index < -0.39 is 0 Å². The first kappa shape index (κ1) is 12.9. The summed E-state index contributed by atoms with van der Waals surface area (Å²) in [6.45, 7) is 2.00. The van der Waals surface area contributed by atoms with Gasteiger partial charge >= 0.3 is 0 Å². The van der Waals surface area contributed by atoms with Gasteiger partial charge in [0.15, 0.2) is 0 Å². The van der Waals surface area contributed by atoms with Crippen molar-refractivity contribution in [1.82, 2.24) is 8.97 Å². The van der Waals surface area contributed by atoms with E-state index in [0.717, 1.165) is 33.5 Å². The molecule has 4 aromatic rings. The predicted molar refractivity (Wildman–Crippen MR) is 88.5 cm³/mol. The molecule has 0 fully saturated rings. The van der Waals surface area contributed by atoms with Crippen LogP contribution >= 0.6 is 0 Å². The molecule has 0 bridgehead atoms. The first-order valence-corrected chi connectivity index (χ1v) is 7.33. The summed E-state index contributed by atoms with van der Waals surface area (Å²) < 4.78 is 4.20. The first-order valence-electron chi connectivity index (χ1n) is 7.33. The Kier molecular flexibility index (Phi) is 2.70. The molecule has 0 atom stereocenters. The number of rotatable bonds is 2. The molecule has 4 rings (SSSR count). The Hall–Kier alpha value is -2.81. The Morgan fingerprint density at radius 3 is 2.27 bits per heavy atom. The Balaban J connectivity index is 2.08. The zero-order valence-electron chi connectivity index (χ0n) is 12.6. The van der Waals surface area contributed by atoms with Crippen LogP contribution in [0.4, 0.5) is 0 Å². The molecule has 0 spiro atoms. The van der Waals surface area contributed by atoms with E-state index in [9.17, 15) is 4.79 Å². The minimum atomic E-state index is 0.0643. The lowest BCUT2D eigenvalue weighted by molar-refractivity contribution is 0.103. The lowest BCUT2D eigenvalue weighted by Gasteiger charge is -2.03. The van der Waals surface area contributed by atoms with Crippen LogP contribution in [0.5, 0.6) is 0 Å². The predicted octanol–water partition coefficient (Wildman–Crippen LogP) is 3.97. The maximum atomic E-state index is 13.0. The monoisotopic (exact) mass is 288 g/mol. The number of carbonyl (C=O) groups excluding carboxylic acids is 1. The second-order valence-corrected chi connectivity index (χ2v) is 5.61. The normalized spacial score (nSPS) is 11.4. The molecule has 0 amide bonds. The largest absolute Gasteiger partial charge is 0.329 e. The fourth-order valence-corrected chi connectivity index (χ4v) is 3.18. The molecule has 3 nitrogen and oxygen atoms in total. The van der Waals surface area contributed by atoms with Crippen LogP contribution < -0.4 is 0 Å². The highest BCUT2D eigenvalue weighted by Gasteiger charge is 2.20. The summed E-state index contributed by atoms with van der Waals surface area (Å²) in [5.41, 5.74) is 5.70. The van der Waals surface area contributed by atoms with Gasteiger partial charge in [0.1, 0.15) is 5.65 Å². The first-order chi connectivity index (χ1) is 10.7. The van der Waals surface area contributed by atoms with E-state index in [2.05, 4.69) is 27.2 Å². The number of nitrogens with zero attached hydrogens (tertiary/aromatic N) is 2. The van der Waals surface area contributed by atoms with Gasteiger partial charge in [-0.3, -0.25) is 9.20 Å². The van der Waals surface area contributed by atoms with Crippen LogP contribution in [0, 0.1) is 6.92 Å². The van der Waals surface area contributed by atoms with Crippen molar-refractivity contribution in [3.63, 3.8) is 0 Å². The van der Waals surface area contributed by atoms with Crippen molar-refractivity contribution in [3.05, 3.63) is 77.5 Å². The molecule has 0 aliphatic carbocycles. The number of ketones is 1. The van der Waals surface area contributed by atoms with Crippen LogP contribution in [0.1, 0.15) is 21.6 Å². The van der Waals surface area contributed by atoms with Crippen LogP contribution in [-0.2, 0) is 7.05 Å². The number of aromatic nitrogens is 2. The maximum absolute atomic E-state index is 13.0. The fraction of sp³-hybridized carbons (Fsp3) is 0.105. The van der Waals surface area contributed by atoms with Crippen molar-refractivity contribution in [1.29, 1.82) is 0 Å². The van der Waals surface area contributed by atoms with Gasteiger partial charge < -0.3 is 4.57 Å². The second kappa shape index (κ2) is 4.60. The minimum absolute atomic E-state index is 0.0643. The summed E-state index contributed by atoms with van der Waals surface area (Å²) >= 11 is 0.